The molecule has 1 aliphatic rings. The summed E-state index contributed by atoms with van der Waals surface area (Å²) in [6, 6.07) is 8.35. The van der Waals surface area contributed by atoms with Crippen molar-refractivity contribution in [2.45, 2.75) is 24.2 Å². The minimum Gasteiger partial charge on any atom is -0.329 e. The van der Waals surface area contributed by atoms with Crippen LogP contribution in [0.4, 0.5) is 5.69 Å². The third-order valence-electron chi connectivity index (χ3n) is 2.75. The molecule has 0 aliphatic carbocycles. The summed E-state index contributed by atoms with van der Waals surface area (Å²) < 4.78 is 0. The SMILES string of the molecule is CSc1ccccc1N1CCCCC1=N. The van der Waals surface area contributed by atoms with Crippen molar-refractivity contribution < 1.29 is 0 Å². The first-order chi connectivity index (χ1) is 7.33. The van der Waals surface area contributed by atoms with Crippen molar-refractivity contribution in [1.29, 1.82) is 5.41 Å². The fraction of sp³-hybridized carbons (Fsp3) is 0.417. The van der Waals surface area contributed by atoms with Crippen molar-refractivity contribution >= 4 is 23.3 Å². The second kappa shape index (κ2) is 4.71. The number of hydrogen-bond acceptors (Lipinski definition) is 2. The number of rotatable bonds is 2. The number of thioether (sulfide) groups is 1. The first-order valence-corrected chi connectivity index (χ1v) is 6.53. The van der Waals surface area contributed by atoms with Gasteiger partial charge < -0.3 is 4.90 Å². The Bertz CT molecular complexity index is 362. The van der Waals surface area contributed by atoms with Gasteiger partial charge in [0, 0.05) is 17.9 Å². The van der Waals surface area contributed by atoms with Gasteiger partial charge in [-0.05, 0) is 31.2 Å². The van der Waals surface area contributed by atoms with Gasteiger partial charge in [-0.2, -0.15) is 0 Å². The van der Waals surface area contributed by atoms with E-state index in [1.165, 1.54) is 17.0 Å². The van der Waals surface area contributed by atoms with Crippen LogP contribution in [-0.2, 0) is 0 Å². The summed E-state index contributed by atoms with van der Waals surface area (Å²) in [5.74, 6) is 0.766. The monoisotopic (exact) mass is 220 g/mol. The molecule has 2 rings (SSSR count). The van der Waals surface area contributed by atoms with Gasteiger partial charge >= 0.3 is 0 Å². The molecular weight excluding hydrogens is 204 g/mol. The number of piperidine rings is 1. The summed E-state index contributed by atoms with van der Waals surface area (Å²) in [6.45, 7) is 0.996. The summed E-state index contributed by atoms with van der Waals surface area (Å²) in [5, 5.41) is 7.97. The molecule has 1 saturated heterocycles. The molecule has 1 heterocycles. The molecule has 0 spiro atoms. The van der Waals surface area contributed by atoms with E-state index in [-0.39, 0.29) is 0 Å². The summed E-state index contributed by atoms with van der Waals surface area (Å²) in [4.78, 5) is 3.42. The highest BCUT2D eigenvalue weighted by molar-refractivity contribution is 7.98. The van der Waals surface area contributed by atoms with Crippen LogP contribution in [0.25, 0.3) is 0 Å². The molecule has 0 amide bonds. The lowest BCUT2D eigenvalue weighted by molar-refractivity contribution is 0.705. The molecule has 0 radical (unpaired) electrons. The Morgan fingerprint density at radius 2 is 2.07 bits per heavy atom. The molecule has 3 heteroatoms. The fourth-order valence-corrected chi connectivity index (χ4v) is 2.55. The summed E-state index contributed by atoms with van der Waals surface area (Å²) in [5.41, 5.74) is 1.20. The molecule has 0 bridgehead atoms. The van der Waals surface area contributed by atoms with Gasteiger partial charge in [0.25, 0.3) is 0 Å². The van der Waals surface area contributed by atoms with E-state index in [9.17, 15) is 0 Å². The molecule has 15 heavy (non-hydrogen) atoms. The summed E-state index contributed by atoms with van der Waals surface area (Å²) >= 11 is 1.75. The second-order valence-electron chi connectivity index (χ2n) is 3.73. The smallest absolute Gasteiger partial charge is 0.100 e. The fourth-order valence-electron chi connectivity index (χ4n) is 1.95. The van der Waals surface area contributed by atoms with Crippen LogP contribution < -0.4 is 4.90 Å². The molecule has 1 aromatic rings. The molecule has 1 N–H and O–H groups in total. The Morgan fingerprint density at radius 1 is 1.27 bits per heavy atom. The van der Waals surface area contributed by atoms with Gasteiger partial charge in [-0.3, -0.25) is 5.41 Å². The standard InChI is InChI=1S/C12H16N2S/c1-15-11-7-3-2-6-10(11)14-9-5-4-8-12(14)13/h2-3,6-7,13H,4-5,8-9H2,1H3. The summed E-state index contributed by atoms with van der Waals surface area (Å²) in [6.07, 6.45) is 5.37. The van der Waals surface area contributed by atoms with Gasteiger partial charge in [0.1, 0.15) is 5.84 Å². The average Bonchev–Trinajstić information content (AvgIpc) is 2.30. The largest absolute Gasteiger partial charge is 0.329 e. The lowest BCUT2D eigenvalue weighted by Crippen LogP contribution is -2.35. The molecule has 80 valence electrons. The maximum atomic E-state index is 7.97. The van der Waals surface area contributed by atoms with Crippen molar-refractivity contribution in [3.05, 3.63) is 24.3 Å². The zero-order valence-electron chi connectivity index (χ0n) is 8.99. The van der Waals surface area contributed by atoms with Gasteiger partial charge in [0.2, 0.25) is 0 Å². The number of para-hydroxylation sites is 1. The molecule has 0 atom stereocenters. The molecule has 1 fully saturated rings. The first kappa shape index (κ1) is 10.6. The van der Waals surface area contributed by atoms with Gasteiger partial charge in [-0.1, -0.05) is 12.1 Å². The highest BCUT2D eigenvalue weighted by atomic mass is 32.2. The Hall–Kier alpha value is -0.960. The van der Waals surface area contributed by atoms with Crippen molar-refractivity contribution in [3.63, 3.8) is 0 Å². The zero-order valence-corrected chi connectivity index (χ0v) is 9.81. The van der Waals surface area contributed by atoms with Crippen LogP contribution in [0.15, 0.2) is 29.2 Å². The van der Waals surface area contributed by atoms with E-state index in [0.29, 0.717) is 0 Å². The topological polar surface area (TPSA) is 27.1 Å². The molecular formula is C12H16N2S. The Morgan fingerprint density at radius 3 is 2.80 bits per heavy atom. The van der Waals surface area contributed by atoms with Crippen LogP contribution in [-0.4, -0.2) is 18.6 Å². The van der Waals surface area contributed by atoms with Crippen molar-refractivity contribution in [3.8, 4) is 0 Å². The van der Waals surface area contributed by atoms with E-state index in [1.807, 2.05) is 0 Å². The molecule has 1 aliphatic heterocycles. The Labute approximate surface area is 95.2 Å². The van der Waals surface area contributed by atoms with Crippen LogP contribution in [0.5, 0.6) is 0 Å². The molecule has 2 nitrogen and oxygen atoms in total. The second-order valence-corrected chi connectivity index (χ2v) is 4.58. The predicted octanol–water partition coefficient (Wildman–Crippen LogP) is 3.38. The average molecular weight is 220 g/mol. The Balaban J connectivity index is 2.30. The van der Waals surface area contributed by atoms with E-state index >= 15 is 0 Å². The van der Waals surface area contributed by atoms with E-state index in [0.717, 1.165) is 25.2 Å². The van der Waals surface area contributed by atoms with Crippen LogP contribution >= 0.6 is 11.8 Å². The Kier molecular flexibility index (Phi) is 3.31. The maximum Gasteiger partial charge on any atom is 0.100 e. The lowest BCUT2D eigenvalue weighted by atomic mass is 10.1. The highest BCUT2D eigenvalue weighted by Gasteiger charge is 2.18. The predicted molar refractivity (Wildman–Crippen MR) is 67.1 cm³/mol. The van der Waals surface area contributed by atoms with Gasteiger partial charge in [0.05, 0.1) is 5.69 Å². The molecule has 0 unspecified atom stereocenters. The van der Waals surface area contributed by atoms with E-state index in [2.05, 4.69) is 35.4 Å². The van der Waals surface area contributed by atoms with Gasteiger partial charge in [-0.15, -0.1) is 11.8 Å². The van der Waals surface area contributed by atoms with E-state index in [1.54, 1.807) is 11.8 Å². The zero-order chi connectivity index (χ0) is 10.7. The third-order valence-corrected chi connectivity index (χ3v) is 3.53. The lowest BCUT2D eigenvalue weighted by Gasteiger charge is -2.30. The third kappa shape index (κ3) is 2.17. The molecule has 1 aromatic carbocycles. The van der Waals surface area contributed by atoms with Gasteiger partial charge in [0.15, 0.2) is 0 Å². The quantitative estimate of drug-likeness (QED) is 0.774. The number of nitrogens with one attached hydrogen (secondary N) is 1. The van der Waals surface area contributed by atoms with Crippen molar-refractivity contribution in [2.24, 2.45) is 0 Å². The van der Waals surface area contributed by atoms with Gasteiger partial charge in [-0.25, -0.2) is 0 Å². The number of amidine groups is 1. The van der Waals surface area contributed by atoms with Crippen molar-refractivity contribution in [1.82, 2.24) is 0 Å². The number of anilines is 1. The highest BCUT2D eigenvalue weighted by Crippen LogP contribution is 2.30. The minimum absolute atomic E-state index is 0.766. The molecule has 0 aromatic heterocycles. The number of nitrogens with zero attached hydrogens (tertiary/aromatic N) is 1. The molecule has 0 saturated carbocycles. The van der Waals surface area contributed by atoms with E-state index in [4.69, 9.17) is 5.41 Å². The van der Waals surface area contributed by atoms with Crippen LogP contribution in [0.3, 0.4) is 0 Å². The normalized spacial score (nSPS) is 16.9. The summed E-state index contributed by atoms with van der Waals surface area (Å²) in [7, 11) is 0. The van der Waals surface area contributed by atoms with Crippen LogP contribution in [0.2, 0.25) is 0 Å². The first-order valence-electron chi connectivity index (χ1n) is 5.31. The van der Waals surface area contributed by atoms with E-state index < -0.39 is 0 Å². The van der Waals surface area contributed by atoms with Crippen LogP contribution in [0.1, 0.15) is 19.3 Å². The van der Waals surface area contributed by atoms with Crippen molar-refractivity contribution in [2.75, 3.05) is 17.7 Å². The maximum absolute atomic E-state index is 7.97. The minimum atomic E-state index is 0.766. The number of hydrogen-bond donors (Lipinski definition) is 1. The number of benzene rings is 1. The van der Waals surface area contributed by atoms with Crippen LogP contribution in [0, 0.1) is 5.41 Å².